The first kappa shape index (κ1) is 32.5. The molecule has 0 aliphatic carbocycles. The minimum absolute atomic E-state index is 0.00912. The van der Waals surface area contributed by atoms with E-state index in [1.165, 1.54) is 4.90 Å². The zero-order valence-corrected chi connectivity index (χ0v) is 24.9. The van der Waals surface area contributed by atoms with Crippen LogP contribution in [0.4, 0.5) is 4.79 Å². The van der Waals surface area contributed by atoms with Crippen molar-refractivity contribution in [2.45, 2.75) is 65.0 Å². The lowest BCUT2D eigenvalue weighted by Gasteiger charge is -2.36. The number of carbonyl (C=O) groups excluding carboxylic acids is 4. The highest BCUT2D eigenvalue weighted by atomic mass is 16.6. The number of esters is 1. The van der Waals surface area contributed by atoms with Crippen molar-refractivity contribution in [3.63, 3.8) is 0 Å². The predicted molar refractivity (Wildman–Crippen MR) is 157 cm³/mol. The van der Waals surface area contributed by atoms with Crippen LogP contribution in [0.25, 0.3) is 11.3 Å². The molecule has 0 radical (unpaired) electrons. The molecular weight excluding hydrogens is 540 g/mol. The van der Waals surface area contributed by atoms with Crippen molar-refractivity contribution in [2.24, 2.45) is 0 Å². The van der Waals surface area contributed by atoms with Crippen LogP contribution in [-0.4, -0.2) is 94.8 Å². The number of benzene rings is 1. The standard InChI is InChI=1S/C31H42N4O7/c1-5-41-30(40)35-17-15-34(16-18-35)29(39)24(13-14-27(37)42-31(2,3)4)33-28(38)26-21-22(10-9-19-36)20-25(32-26)23-11-7-6-8-12-23/h6-8,11-12,20-21,24,36H,5,9-10,13-19H2,1-4H3,(H,33,38). The molecule has 1 fully saturated rings. The Kier molecular flexibility index (Phi) is 11.8. The molecule has 11 nitrogen and oxygen atoms in total. The van der Waals surface area contributed by atoms with Gasteiger partial charge < -0.3 is 29.7 Å². The minimum atomic E-state index is -1.01. The maximum atomic E-state index is 13.6. The van der Waals surface area contributed by atoms with Crippen LogP contribution in [0.2, 0.25) is 0 Å². The maximum Gasteiger partial charge on any atom is 0.409 e. The molecule has 1 saturated heterocycles. The van der Waals surface area contributed by atoms with Gasteiger partial charge in [-0.25, -0.2) is 9.78 Å². The lowest BCUT2D eigenvalue weighted by atomic mass is 10.0. The summed E-state index contributed by atoms with van der Waals surface area (Å²) >= 11 is 0. The fraction of sp³-hybridized carbons (Fsp3) is 0.516. The van der Waals surface area contributed by atoms with Gasteiger partial charge in [-0.15, -0.1) is 0 Å². The van der Waals surface area contributed by atoms with Crippen LogP contribution in [0.1, 0.15) is 63.0 Å². The van der Waals surface area contributed by atoms with Gasteiger partial charge in [-0.05, 0) is 64.7 Å². The summed E-state index contributed by atoms with van der Waals surface area (Å²) < 4.78 is 10.5. The maximum absolute atomic E-state index is 13.6. The molecule has 1 aliphatic rings. The first-order valence-corrected chi connectivity index (χ1v) is 14.4. The molecule has 0 spiro atoms. The van der Waals surface area contributed by atoms with Crippen LogP contribution in [0, 0.1) is 0 Å². The summed E-state index contributed by atoms with van der Waals surface area (Å²) in [5.74, 6) is -1.38. The number of amides is 3. The number of ether oxygens (including phenoxy) is 2. The molecule has 1 aromatic heterocycles. The van der Waals surface area contributed by atoms with Crippen molar-refractivity contribution in [3.05, 3.63) is 53.7 Å². The quantitative estimate of drug-likeness (QED) is 0.385. The van der Waals surface area contributed by atoms with Gasteiger partial charge in [-0.1, -0.05) is 30.3 Å². The van der Waals surface area contributed by atoms with E-state index in [2.05, 4.69) is 10.3 Å². The van der Waals surface area contributed by atoms with Gasteiger partial charge in [-0.3, -0.25) is 14.4 Å². The Balaban J connectivity index is 1.81. The SMILES string of the molecule is CCOC(=O)N1CCN(C(=O)C(CCC(=O)OC(C)(C)C)NC(=O)c2cc(CCCO)cc(-c3ccccc3)n2)CC1. The molecule has 1 atom stereocenters. The Morgan fingerprint density at radius 3 is 2.31 bits per heavy atom. The second-order valence-corrected chi connectivity index (χ2v) is 11.1. The number of hydrogen-bond acceptors (Lipinski definition) is 8. The monoisotopic (exact) mass is 582 g/mol. The Labute approximate surface area is 247 Å². The van der Waals surface area contributed by atoms with Gasteiger partial charge in [0.05, 0.1) is 12.3 Å². The molecule has 0 bridgehead atoms. The van der Waals surface area contributed by atoms with Crippen molar-refractivity contribution in [2.75, 3.05) is 39.4 Å². The lowest BCUT2D eigenvalue weighted by molar-refractivity contribution is -0.155. The second-order valence-electron chi connectivity index (χ2n) is 11.1. The molecule has 228 valence electrons. The van der Waals surface area contributed by atoms with Crippen molar-refractivity contribution in [3.8, 4) is 11.3 Å². The van der Waals surface area contributed by atoms with E-state index in [0.717, 1.165) is 11.1 Å². The molecule has 1 aliphatic heterocycles. The summed E-state index contributed by atoms with van der Waals surface area (Å²) in [5, 5.41) is 12.2. The number of rotatable bonds is 11. The number of aliphatic hydroxyl groups excluding tert-OH is 1. The summed E-state index contributed by atoms with van der Waals surface area (Å²) in [6, 6.07) is 12.0. The normalized spacial score (nSPS) is 14.2. The van der Waals surface area contributed by atoms with Crippen molar-refractivity contribution >= 4 is 23.9 Å². The van der Waals surface area contributed by atoms with E-state index in [1.54, 1.807) is 38.7 Å². The van der Waals surface area contributed by atoms with E-state index in [-0.39, 0.29) is 50.7 Å². The molecule has 1 unspecified atom stereocenters. The van der Waals surface area contributed by atoms with E-state index in [4.69, 9.17) is 9.47 Å². The molecule has 11 heteroatoms. The third-order valence-electron chi connectivity index (χ3n) is 6.59. The van der Waals surface area contributed by atoms with E-state index < -0.39 is 29.6 Å². The highest BCUT2D eigenvalue weighted by Crippen LogP contribution is 2.21. The number of aromatic nitrogens is 1. The zero-order chi connectivity index (χ0) is 30.7. The largest absolute Gasteiger partial charge is 0.460 e. The Hall–Kier alpha value is -3.99. The second kappa shape index (κ2) is 15.3. The topological polar surface area (TPSA) is 138 Å². The third-order valence-corrected chi connectivity index (χ3v) is 6.59. The zero-order valence-electron chi connectivity index (χ0n) is 24.9. The summed E-state index contributed by atoms with van der Waals surface area (Å²) in [4.78, 5) is 59.5. The van der Waals surface area contributed by atoms with Gasteiger partial charge in [-0.2, -0.15) is 0 Å². The molecule has 2 heterocycles. The number of carbonyl (C=O) groups is 4. The van der Waals surface area contributed by atoms with Crippen LogP contribution in [0.15, 0.2) is 42.5 Å². The number of nitrogens with zero attached hydrogens (tertiary/aromatic N) is 3. The highest BCUT2D eigenvalue weighted by molar-refractivity contribution is 5.97. The van der Waals surface area contributed by atoms with Gasteiger partial charge in [0.15, 0.2) is 0 Å². The number of piperazine rings is 1. The van der Waals surface area contributed by atoms with Crippen molar-refractivity contribution in [1.29, 1.82) is 0 Å². The first-order valence-electron chi connectivity index (χ1n) is 14.4. The predicted octanol–water partition coefficient (Wildman–Crippen LogP) is 3.19. The summed E-state index contributed by atoms with van der Waals surface area (Å²) in [6.45, 7) is 8.42. The third kappa shape index (κ3) is 9.83. The molecular formula is C31H42N4O7. The Morgan fingerprint density at radius 1 is 1.02 bits per heavy atom. The van der Waals surface area contributed by atoms with E-state index >= 15 is 0 Å². The fourth-order valence-electron chi connectivity index (χ4n) is 4.58. The van der Waals surface area contributed by atoms with Crippen LogP contribution >= 0.6 is 0 Å². The minimum Gasteiger partial charge on any atom is -0.460 e. The summed E-state index contributed by atoms with van der Waals surface area (Å²) in [6.07, 6.45) is 0.600. The van der Waals surface area contributed by atoms with Gasteiger partial charge in [0.1, 0.15) is 17.3 Å². The number of pyridine rings is 1. The Morgan fingerprint density at radius 2 is 1.69 bits per heavy atom. The van der Waals surface area contributed by atoms with E-state index in [0.29, 0.717) is 31.6 Å². The molecule has 2 aromatic rings. The average Bonchev–Trinajstić information content (AvgIpc) is 2.97. The molecule has 0 saturated carbocycles. The van der Waals surface area contributed by atoms with E-state index in [9.17, 15) is 24.3 Å². The van der Waals surface area contributed by atoms with Crippen LogP contribution in [-0.2, 0) is 25.5 Å². The van der Waals surface area contributed by atoms with Gasteiger partial charge in [0, 0.05) is 44.8 Å². The fourth-order valence-corrected chi connectivity index (χ4v) is 4.58. The van der Waals surface area contributed by atoms with Crippen LogP contribution in [0.3, 0.4) is 0 Å². The molecule has 42 heavy (non-hydrogen) atoms. The summed E-state index contributed by atoms with van der Waals surface area (Å²) in [7, 11) is 0. The number of nitrogens with one attached hydrogen (secondary N) is 1. The van der Waals surface area contributed by atoms with Gasteiger partial charge in [0.25, 0.3) is 5.91 Å². The van der Waals surface area contributed by atoms with Crippen molar-refractivity contribution < 1.29 is 33.8 Å². The van der Waals surface area contributed by atoms with Crippen molar-refractivity contribution in [1.82, 2.24) is 20.1 Å². The highest BCUT2D eigenvalue weighted by Gasteiger charge is 2.32. The number of aliphatic hydroxyl groups is 1. The molecule has 1 aromatic carbocycles. The van der Waals surface area contributed by atoms with E-state index in [1.807, 2.05) is 36.4 Å². The Bertz CT molecular complexity index is 1220. The molecule has 3 amide bonds. The van der Waals surface area contributed by atoms with Crippen LogP contribution < -0.4 is 5.32 Å². The number of aryl methyl sites for hydroxylation is 1. The lowest BCUT2D eigenvalue weighted by Crippen LogP contribution is -2.56. The number of hydrogen-bond donors (Lipinski definition) is 2. The van der Waals surface area contributed by atoms with Gasteiger partial charge in [0.2, 0.25) is 5.91 Å². The smallest absolute Gasteiger partial charge is 0.409 e. The van der Waals surface area contributed by atoms with Gasteiger partial charge >= 0.3 is 12.1 Å². The molecule has 3 rings (SSSR count). The first-order chi connectivity index (χ1) is 20.0. The summed E-state index contributed by atoms with van der Waals surface area (Å²) in [5.41, 5.74) is 1.70. The van der Waals surface area contributed by atoms with Crippen LogP contribution in [0.5, 0.6) is 0 Å². The molecule has 2 N–H and O–H groups in total. The average molecular weight is 583 g/mol.